The Morgan fingerprint density at radius 3 is 2.88 bits per heavy atom. The largest absolute Gasteiger partial charge is 0.494 e. The number of nitrogens with one attached hydrogen (secondary N) is 1. The first-order valence-corrected chi connectivity index (χ1v) is 5.12. The van der Waals surface area contributed by atoms with Crippen LogP contribution in [0.25, 0.3) is 0 Å². The van der Waals surface area contributed by atoms with Gasteiger partial charge in [-0.3, -0.25) is 0 Å². The Kier molecular flexibility index (Phi) is 4.74. The minimum Gasteiger partial charge on any atom is -0.494 e. The molecule has 1 aromatic carbocycles. The van der Waals surface area contributed by atoms with Gasteiger partial charge in [0.2, 0.25) is 0 Å². The molecule has 0 radical (unpaired) electrons. The van der Waals surface area contributed by atoms with Crippen molar-refractivity contribution >= 4 is 0 Å². The number of nitriles is 1. The molecule has 0 fully saturated rings. The summed E-state index contributed by atoms with van der Waals surface area (Å²) in [5, 5.41) is 11.5. The lowest BCUT2D eigenvalue weighted by Gasteiger charge is -2.14. The Morgan fingerprint density at radius 2 is 2.31 bits per heavy atom. The average molecular weight is 222 g/mol. The molecule has 0 aliphatic rings. The van der Waals surface area contributed by atoms with Gasteiger partial charge in [-0.2, -0.15) is 5.26 Å². The van der Waals surface area contributed by atoms with E-state index in [1.807, 2.05) is 19.1 Å². The fourth-order valence-corrected chi connectivity index (χ4v) is 1.41. The number of ether oxygens (including phenoxy) is 1. The maximum Gasteiger partial charge on any atom is 0.165 e. The topological polar surface area (TPSA) is 45.0 Å². The lowest BCUT2D eigenvalue weighted by Crippen LogP contribution is -2.19. The van der Waals surface area contributed by atoms with Crippen LogP contribution in [0.5, 0.6) is 5.75 Å². The molecule has 0 aliphatic heterocycles. The van der Waals surface area contributed by atoms with E-state index in [1.54, 1.807) is 6.07 Å². The third-order valence-corrected chi connectivity index (χ3v) is 2.36. The number of methoxy groups -OCH3 is 1. The number of rotatable bonds is 5. The number of hydrogen-bond acceptors (Lipinski definition) is 3. The maximum absolute atomic E-state index is 13.4. The summed E-state index contributed by atoms with van der Waals surface area (Å²) in [7, 11) is 1.44. The summed E-state index contributed by atoms with van der Waals surface area (Å²) in [5.41, 5.74) is 0.844. The SMILES string of the molecule is COc1ccc(C(C)NCCC#N)cc1F. The van der Waals surface area contributed by atoms with Crippen LogP contribution in [0, 0.1) is 17.1 Å². The lowest BCUT2D eigenvalue weighted by atomic mass is 10.1. The molecule has 0 spiro atoms. The van der Waals surface area contributed by atoms with Crippen LogP contribution in [-0.4, -0.2) is 13.7 Å². The first-order chi connectivity index (χ1) is 7.69. The molecule has 0 heterocycles. The van der Waals surface area contributed by atoms with Crippen LogP contribution in [-0.2, 0) is 0 Å². The maximum atomic E-state index is 13.4. The summed E-state index contributed by atoms with van der Waals surface area (Å²) < 4.78 is 18.2. The zero-order chi connectivity index (χ0) is 12.0. The molecule has 1 atom stereocenters. The normalized spacial score (nSPS) is 11.9. The highest BCUT2D eigenvalue weighted by molar-refractivity contribution is 5.30. The van der Waals surface area contributed by atoms with Crippen molar-refractivity contribution in [3.8, 4) is 11.8 Å². The quantitative estimate of drug-likeness (QED) is 0.778. The highest BCUT2D eigenvalue weighted by Crippen LogP contribution is 2.21. The Hall–Kier alpha value is -1.60. The molecule has 3 nitrogen and oxygen atoms in total. The Morgan fingerprint density at radius 1 is 1.56 bits per heavy atom. The third-order valence-electron chi connectivity index (χ3n) is 2.36. The van der Waals surface area contributed by atoms with Gasteiger partial charge < -0.3 is 10.1 Å². The molecule has 0 saturated carbocycles. The number of nitrogens with zero attached hydrogens (tertiary/aromatic N) is 1. The molecule has 0 saturated heterocycles. The second-order valence-electron chi connectivity index (χ2n) is 3.48. The van der Waals surface area contributed by atoms with Crippen LogP contribution >= 0.6 is 0 Å². The zero-order valence-corrected chi connectivity index (χ0v) is 9.46. The van der Waals surface area contributed by atoms with Crippen molar-refractivity contribution in [3.05, 3.63) is 29.6 Å². The van der Waals surface area contributed by atoms with Gasteiger partial charge in [0, 0.05) is 19.0 Å². The van der Waals surface area contributed by atoms with Crippen molar-refractivity contribution in [2.24, 2.45) is 0 Å². The van der Waals surface area contributed by atoms with E-state index in [9.17, 15) is 4.39 Å². The number of halogens is 1. The molecule has 1 unspecified atom stereocenters. The van der Waals surface area contributed by atoms with Crippen LogP contribution in [0.3, 0.4) is 0 Å². The van der Waals surface area contributed by atoms with Crippen LogP contribution in [0.15, 0.2) is 18.2 Å². The minimum atomic E-state index is -0.367. The summed E-state index contributed by atoms with van der Waals surface area (Å²) in [6.07, 6.45) is 0.447. The highest BCUT2D eigenvalue weighted by atomic mass is 19.1. The molecule has 1 rings (SSSR count). The van der Waals surface area contributed by atoms with Gasteiger partial charge >= 0.3 is 0 Å². The monoisotopic (exact) mass is 222 g/mol. The summed E-state index contributed by atoms with van der Waals surface area (Å²) in [6.45, 7) is 2.53. The molecule has 1 N–H and O–H groups in total. The molecule has 0 aromatic heterocycles. The molecule has 16 heavy (non-hydrogen) atoms. The van der Waals surface area contributed by atoms with Crippen LogP contribution in [0.2, 0.25) is 0 Å². The molecular formula is C12H15FN2O. The van der Waals surface area contributed by atoms with Gasteiger partial charge in [0.15, 0.2) is 11.6 Å². The van der Waals surface area contributed by atoms with E-state index in [0.29, 0.717) is 13.0 Å². The molecule has 86 valence electrons. The first-order valence-electron chi connectivity index (χ1n) is 5.12. The van der Waals surface area contributed by atoms with Crippen LogP contribution in [0.4, 0.5) is 4.39 Å². The van der Waals surface area contributed by atoms with E-state index < -0.39 is 0 Å². The molecule has 4 heteroatoms. The zero-order valence-electron chi connectivity index (χ0n) is 9.46. The van der Waals surface area contributed by atoms with Crippen molar-refractivity contribution in [2.75, 3.05) is 13.7 Å². The summed E-state index contributed by atoms with van der Waals surface area (Å²) >= 11 is 0. The molecule has 1 aromatic rings. The second kappa shape index (κ2) is 6.09. The first kappa shape index (κ1) is 12.5. The molecule has 0 amide bonds. The minimum absolute atomic E-state index is 0.0220. The Balaban J connectivity index is 2.66. The fraction of sp³-hybridized carbons (Fsp3) is 0.417. The fourth-order valence-electron chi connectivity index (χ4n) is 1.41. The molecular weight excluding hydrogens is 207 g/mol. The van der Waals surface area contributed by atoms with Gasteiger partial charge in [0.25, 0.3) is 0 Å². The van der Waals surface area contributed by atoms with Gasteiger partial charge in [0.1, 0.15) is 0 Å². The van der Waals surface area contributed by atoms with E-state index in [1.165, 1.54) is 13.2 Å². The van der Waals surface area contributed by atoms with Crippen molar-refractivity contribution < 1.29 is 9.13 Å². The van der Waals surface area contributed by atoms with Gasteiger partial charge in [0.05, 0.1) is 13.2 Å². The van der Waals surface area contributed by atoms with Gasteiger partial charge in [-0.25, -0.2) is 4.39 Å². The second-order valence-corrected chi connectivity index (χ2v) is 3.48. The average Bonchev–Trinajstić information content (AvgIpc) is 2.29. The van der Waals surface area contributed by atoms with Crippen molar-refractivity contribution in [1.82, 2.24) is 5.32 Å². The predicted octanol–water partition coefficient (Wildman–Crippen LogP) is 2.40. The van der Waals surface area contributed by atoms with Crippen LogP contribution < -0.4 is 10.1 Å². The van der Waals surface area contributed by atoms with Gasteiger partial charge in [-0.15, -0.1) is 0 Å². The van der Waals surface area contributed by atoms with Crippen LogP contribution in [0.1, 0.15) is 24.9 Å². The summed E-state index contributed by atoms with van der Waals surface area (Å²) in [5.74, 6) is -0.123. The Labute approximate surface area is 94.8 Å². The number of benzene rings is 1. The van der Waals surface area contributed by atoms with Gasteiger partial charge in [-0.1, -0.05) is 6.07 Å². The van der Waals surface area contributed by atoms with Crippen molar-refractivity contribution in [2.45, 2.75) is 19.4 Å². The van der Waals surface area contributed by atoms with Gasteiger partial charge in [-0.05, 0) is 24.6 Å². The van der Waals surface area contributed by atoms with E-state index >= 15 is 0 Å². The number of hydrogen-bond donors (Lipinski definition) is 1. The third kappa shape index (κ3) is 3.21. The summed E-state index contributed by atoms with van der Waals surface area (Å²) in [6, 6.07) is 6.93. The summed E-state index contributed by atoms with van der Waals surface area (Å²) in [4.78, 5) is 0. The van der Waals surface area contributed by atoms with Crippen molar-refractivity contribution in [3.63, 3.8) is 0 Å². The predicted molar refractivity (Wildman–Crippen MR) is 59.6 cm³/mol. The molecule has 0 bridgehead atoms. The molecule has 0 aliphatic carbocycles. The van der Waals surface area contributed by atoms with E-state index in [0.717, 1.165) is 5.56 Å². The smallest absolute Gasteiger partial charge is 0.165 e. The van der Waals surface area contributed by atoms with E-state index in [4.69, 9.17) is 10.00 Å². The Bertz CT molecular complexity index is 387. The highest BCUT2D eigenvalue weighted by Gasteiger charge is 2.08. The van der Waals surface area contributed by atoms with E-state index in [-0.39, 0.29) is 17.6 Å². The van der Waals surface area contributed by atoms with E-state index in [2.05, 4.69) is 5.32 Å². The van der Waals surface area contributed by atoms with Crippen molar-refractivity contribution in [1.29, 1.82) is 5.26 Å². The lowest BCUT2D eigenvalue weighted by molar-refractivity contribution is 0.385. The standard InChI is InChI=1S/C12H15FN2O/c1-9(15-7-3-6-14)10-4-5-12(16-2)11(13)8-10/h4-5,8-9,15H,3,7H2,1-2H3.